The number of terminal acetylenes is 1. The van der Waals surface area contributed by atoms with E-state index in [1.165, 1.54) is 25.4 Å². The minimum atomic E-state index is -0.685. The molecular weight excluding hydrogens is 268 g/mol. The van der Waals surface area contributed by atoms with Crippen molar-refractivity contribution < 1.29 is 15.0 Å². The molecule has 2 fully saturated rings. The zero-order valence-corrected chi connectivity index (χ0v) is 13.1. The molecule has 0 aromatic rings. The van der Waals surface area contributed by atoms with Gasteiger partial charge >= 0.3 is 5.97 Å². The van der Waals surface area contributed by atoms with Gasteiger partial charge in [0, 0.05) is 6.54 Å². The lowest BCUT2D eigenvalue weighted by atomic mass is 10.1. The molecule has 1 heterocycles. The maximum atomic E-state index is 10.4. The van der Waals surface area contributed by atoms with Crippen LogP contribution in [-0.4, -0.2) is 47.3 Å². The highest BCUT2D eigenvalue weighted by atomic mass is 16.4. The number of aliphatic hydroxyl groups excluding tert-OH is 1. The minimum absolute atomic E-state index is 0.218. The number of aliphatic carboxylic acids is 1. The molecule has 0 spiro atoms. The van der Waals surface area contributed by atoms with Crippen LogP contribution in [0.25, 0.3) is 0 Å². The highest BCUT2D eigenvalue weighted by Gasteiger charge is 2.26. The van der Waals surface area contributed by atoms with Crippen molar-refractivity contribution in [1.29, 1.82) is 0 Å². The molecule has 0 radical (unpaired) electrons. The molecular formula is C16H28N2O3. The molecule has 120 valence electrons. The fourth-order valence-corrected chi connectivity index (χ4v) is 2.72. The summed E-state index contributed by atoms with van der Waals surface area (Å²) >= 11 is 0. The molecule has 0 amide bonds. The first kappa shape index (κ1) is 19.5. The number of rotatable bonds is 2. The van der Waals surface area contributed by atoms with Gasteiger partial charge < -0.3 is 15.9 Å². The molecule has 0 aromatic heterocycles. The third-order valence-electron chi connectivity index (χ3n) is 3.92. The molecule has 4 N–H and O–H groups in total. The Morgan fingerprint density at radius 1 is 1.52 bits per heavy atom. The fraction of sp³-hybridized carbons (Fsp3) is 0.688. The van der Waals surface area contributed by atoms with E-state index in [1.807, 2.05) is 11.9 Å². The van der Waals surface area contributed by atoms with Crippen LogP contribution in [0.3, 0.4) is 0 Å². The normalized spacial score (nSPS) is 26.3. The van der Waals surface area contributed by atoms with E-state index in [-0.39, 0.29) is 6.04 Å². The van der Waals surface area contributed by atoms with Crippen LogP contribution in [0.15, 0.2) is 11.6 Å². The van der Waals surface area contributed by atoms with Crippen LogP contribution in [-0.2, 0) is 4.79 Å². The molecule has 0 aromatic carbocycles. The molecule has 1 saturated heterocycles. The van der Waals surface area contributed by atoms with Crippen LogP contribution < -0.4 is 5.73 Å². The Hall–Kier alpha value is -1.51. The van der Waals surface area contributed by atoms with Gasteiger partial charge in [0.25, 0.3) is 0 Å². The van der Waals surface area contributed by atoms with Gasteiger partial charge in [-0.05, 0) is 51.6 Å². The maximum Gasteiger partial charge on any atom is 0.320 e. The van der Waals surface area contributed by atoms with E-state index < -0.39 is 5.97 Å². The van der Waals surface area contributed by atoms with Crippen LogP contribution >= 0.6 is 0 Å². The summed E-state index contributed by atoms with van der Waals surface area (Å²) in [5.74, 6) is 0.128. The van der Waals surface area contributed by atoms with E-state index in [9.17, 15) is 4.79 Å². The topological polar surface area (TPSA) is 86.8 Å². The largest absolute Gasteiger partial charge is 0.480 e. The Kier molecular flexibility index (Phi) is 10.4. The molecule has 2 aliphatic rings. The second-order valence-electron chi connectivity index (χ2n) is 5.41. The average molecular weight is 296 g/mol. The summed E-state index contributed by atoms with van der Waals surface area (Å²) in [7, 11) is 1.85. The van der Waals surface area contributed by atoms with Crippen LogP contribution in [0.5, 0.6) is 0 Å². The van der Waals surface area contributed by atoms with E-state index in [0.717, 1.165) is 31.8 Å². The van der Waals surface area contributed by atoms with Crippen molar-refractivity contribution in [2.24, 2.45) is 11.7 Å². The number of likely N-dealkylation sites (N-methyl/N-ethyl adjacent to an activating group) is 1. The Morgan fingerprint density at radius 3 is 2.43 bits per heavy atom. The highest BCUT2D eigenvalue weighted by Crippen LogP contribution is 2.29. The molecule has 0 bridgehead atoms. The van der Waals surface area contributed by atoms with Crippen molar-refractivity contribution in [2.75, 3.05) is 20.1 Å². The Morgan fingerprint density at radius 2 is 2.14 bits per heavy atom. The minimum Gasteiger partial charge on any atom is -0.480 e. The smallest absolute Gasteiger partial charge is 0.320 e. The summed E-state index contributed by atoms with van der Waals surface area (Å²) in [5, 5.41) is 15.6. The maximum absolute atomic E-state index is 10.4. The van der Waals surface area contributed by atoms with E-state index in [0.29, 0.717) is 0 Å². The van der Waals surface area contributed by atoms with Gasteiger partial charge in [-0.1, -0.05) is 25.0 Å². The van der Waals surface area contributed by atoms with Crippen LogP contribution in [0.2, 0.25) is 0 Å². The van der Waals surface area contributed by atoms with Crippen LogP contribution in [0, 0.1) is 18.4 Å². The summed E-state index contributed by atoms with van der Waals surface area (Å²) < 4.78 is 0. The van der Waals surface area contributed by atoms with E-state index in [1.54, 1.807) is 5.57 Å². The third kappa shape index (κ3) is 7.74. The van der Waals surface area contributed by atoms with Gasteiger partial charge in [0.05, 0.1) is 0 Å². The molecule has 1 aliphatic carbocycles. The van der Waals surface area contributed by atoms with Crippen molar-refractivity contribution in [3.05, 3.63) is 11.6 Å². The lowest BCUT2D eigenvalue weighted by Crippen LogP contribution is -2.32. The average Bonchev–Trinajstić information content (AvgIpc) is 3.01. The van der Waals surface area contributed by atoms with E-state index >= 15 is 0 Å². The summed E-state index contributed by atoms with van der Waals surface area (Å²) in [6.45, 7) is 3.94. The number of carboxylic acid groups (broad SMARTS) is 1. The molecule has 2 atom stereocenters. The lowest BCUT2D eigenvalue weighted by Gasteiger charge is -2.13. The predicted molar refractivity (Wildman–Crippen MR) is 84.2 cm³/mol. The molecule has 21 heavy (non-hydrogen) atoms. The number of hydrogen-bond donors (Lipinski definition) is 3. The third-order valence-corrected chi connectivity index (χ3v) is 3.92. The molecule has 2 rings (SSSR count). The number of nitrogens with zero attached hydrogens (tertiary/aromatic N) is 1. The first-order valence-electron chi connectivity index (χ1n) is 7.39. The molecule has 1 saturated carbocycles. The number of carboxylic acids is 1. The summed E-state index contributed by atoms with van der Waals surface area (Å²) in [4.78, 5) is 12.2. The van der Waals surface area contributed by atoms with Gasteiger partial charge in [-0.2, -0.15) is 0 Å². The summed E-state index contributed by atoms with van der Waals surface area (Å²) in [6.07, 6.45) is 13.4. The Bertz CT molecular complexity index is 374. The Balaban J connectivity index is 0.000000322. The second-order valence-corrected chi connectivity index (χ2v) is 5.41. The first-order chi connectivity index (χ1) is 9.97. The predicted octanol–water partition coefficient (Wildman–Crippen LogP) is 1.81. The lowest BCUT2D eigenvalue weighted by molar-refractivity contribution is -0.141. The first-order valence-corrected chi connectivity index (χ1v) is 7.39. The van der Waals surface area contributed by atoms with Crippen molar-refractivity contribution in [2.45, 2.75) is 45.1 Å². The molecule has 5 nitrogen and oxygen atoms in total. The standard InChI is InChI=1S/C8H15N.C6H11NO2.C2H2O/c1-7-3-2-4-8(7)5-6-9;1-7-4-2-3-5(7)6(8)9;1-2-3/h5,7H,2-4,6,9H2,1H3;5H,2-4H2,1H3,(H,8,9);1,3H/b8-5+;;. The van der Waals surface area contributed by atoms with Gasteiger partial charge in [-0.15, -0.1) is 0 Å². The number of nitrogens with two attached hydrogens (primary N) is 1. The highest BCUT2D eigenvalue weighted by molar-refractivity contribution is 5.73. The number of carbonyl (C=O) groups is 1. The second kappa shape index (κ2) is 11.2. The number of hydrogen-bond acceptors (Lipinski definition) is 4. The molecule has 5 heteroatoms. The van der Waals surface area contributed by atoms with Crippen molar-refractivity contribution in [3.8, 4) is 12.5 Å². The summed E-state index contributed by atoms with van der Waals surface area (Å²) in [5.41, 5.74) is 6.98. The monoisotopic (exact) mass is 296 g/mol. The van der Waals surface area contributed by atoms with Gasteiger partial charge in [0.2, 0.25) is 0 Å². The van der Waals surface area contributed by atoms with Crippen molar-refractivity contribution in [1.82, 2.24) is 4.90 Å². The summed E-state index contributed by atoms with van der Waals surface area (Å²) in [6, 6.07) is -0.218. The van der Waals surface area contributed by atoms with Crippen LogP contribution in [0.4, 0.5) is 0 Å². The van der Waals surface area contributed by atoms with Gasteiger partial charge in [-0.25, -0.2) is 0 Å². The van der Waals surface area contributed by atoms with Gasteiger partial charge in [0.1, 0.15) is 12.1 Å². The van der Waals surface area contributed by atoms with Crippen molar-refractivity contribution >= 4 is 5.97 Å². The quantitative estimate of drug-likeness (QED) is 0.534. The zero-order chi connectivity index (χ0) is 16.3. The number of likely N-dealkylation sites (tertiary alicyclic amines) is 1. The van der Waals surface area contributed by atoms with E-state index in [2.05, 4.69) is 19.4 Å². The van der Waals surface area contributed by atoms with Gasteiger partial charge in [-0.3, -0.25) is 9.69 Å². The van der Waals surface area contributed by atoms with Crippen LogP contribution in [0.1, 0.15) is 39.0 Å². The Labute approximate surface area is 127 Å². The molecule has 1 aliphatic heterocycles. The van der Waals surface area contributed by atoms with E-state index in [4.69, 9.17) is 15.9 Å². The van der Waals surface area contributed by atoms with Gasteiger partial charge in [0.15, 0.2) is 0 Å². The number of aliphatic hydroxyl groups is 1. The van der Waals surface area contributed by atoms with Crippen molar-refractivity contribution in [3.63, 3.8) is 0 Å². The SMILES string of the molecule is C#CO.CC1CCC/C1=C\CN.CN1CCCC1C(=O)O. The zero-order valence-electron chi connectivity index (χ0n) is 13.1. The fourth-order valence-electron chi connectivity index (χ4n) is 2.72. The number of allylic oxidation sites excluding steroid dienone is 1. The molecule has 2 unspecified atom stereocenters.